The van der Waals surface area contributed by atoms with Crippen LogP contribution in [0.5, 0.6) is 0 Å². The number of hydrazone groups is 1. The fourth-order valence-corrected chi connectivity index (χ4v) is 2.78. The molecule has 28 heavy (non-hydrogen) atoms. The first-order chi connectivity index (χ1) is 13.5. The number of rotatable bonds is 7. The van der Waals surface area contributed by atoms with Crippen molar-refractivity contribution in [2.45, 2.75) is 26.2 Å². The largest absolute Gasteiger partial charge is 0.382 e. The second-order valence-corrected chi connectivity index (χ2v) is 6.59. The second-order valence-electron chi connectivity index (χ2n) is 6.18. The van der Waals surface area contributed by atoms with Crippen LogP contribution in [0, 0.1) is 16.7 Å². The van der Waals surface area contributed by atoms with Gasteiger partial charge in [-0.1, -0.05) is 37.1 Å². The normalized spacial score (nSPS) is 11.4. The van der Waals surface area contributed by atoms with Crippen LogP contribution in [0.15, 0.2) is 41.5 Å². The molecule has 0 amide bonds. The van der Waals surface area contributed by atoms with Crippen molar-refractivity contribution in [3.05, 3.63) is 47.0 Å². The molecule has 0 aliphatic rings. The van der Waals surface area contributed by atoms with Crippen molar-refractivity contribution in [3.63, 3.8) is 0 Å². The molecular formula is C19H19ClN8. The molecule has 3 rings (SSSR count). The molecule has 0 fully saturated rings. The lowest BCUT2D eigenvalue weighted by atomic mass is 10.1. The third-order valence-electron chi connectivity index (χ3n) is 4.10. The van der Waals surface area contributed by atoms with Gasteiger partial charge < -0.3 is 5.73 Å². The van der Waals surface area contributed by atoms with E-state index in [0.717, 1.165) is 24.9 Å². The Balaban J connectivity index is 1.88. The zero-order chi connectivity index (χ0) is 20.1. The van der Waals surface area contributed by atoms with Gasteiger partial charge in [-0.05, 0) is 42.7 Å². The van der Waals surface area contributed by atoms with Crippen LogP contribution in [0.4, 0.5) is 5.69 Å². The minimum atomic E-state index is -0.430. The Morgan fingerprint density at radius 2 is 1.96 bits per heavy atom. The van der Waals surface area contributed by atoms with Crippen LogP contribution in [-0.2, 0) is 6.42 Å². The van der Waals surface area contributed by atoms with Gasteiger partial charge in [-0.3, -0.25) is 10.8 Å². The highest BCUT2D eigenvalue weighted by Crippen LogP contribution is 2.27. The highest BCUT2D eigenvalue weighted by Gasteiger charge is 2.10. The van der Waals surface area contributed by atoms with Crippen LogP contribution < -0.4 is 11.2 Å². The molecule has 0 aliphatic heterocycles. The number of fused-ring (bicyclic) bond motifs is 1. The molecule has 1 aromatic heterocycles. The van der Waals surface area contributed by atoms with Gasteiger partial charge in [-0.15, -0.1) is 10.2 Å². The van der Waals surface area contributed by atoms with E-state index in [9.17, 15) is 0 Å². The fraction of sp³-hybridized carbons (Fsp3) is 0.211. The molecule has 2 aromatic carbocycles. The Morgan fingerprint density at radius 3 is 2.57 bits per heavy atom. The van der Waals surface area contributed by atoms with E-state index in [2.05, 4.69) is 39.8 Å². The van der Waals surface area contributed by atoms with Gasteiger partial charge >= 0.3 is 0 Å². The van der Waals surface area contributed by atoms with Crippen LogP contribution in [0.25, 0.3) is 16.7 Å². The zero-order valence-electron chi connectivity index (χ0n) is 15.3. The fourth-order valence-electron chi connectivity index (χ4n) is 2.58. The van der Waals surface area contributed by atoms with Crippen molar-refractivity contribution >= 4 is 39.9 Å². The monoisotopic (exact) mass is 394 g/mol. The molecular weight excluding hydrogens is 376 g/mol. The minimum Gasteiger partial charge on any atom is -0.382 e. The standard InChI is InChI=1S/C19H19ClN8/c1-2-3-4-12-5-7-13(8-6-12)28-26-16-9-14(20)15(10-17(16)27-28)24-25-18(11-21)19(22)23/h5-10,24H,2-4H2,1H3,(H3,22,23)/b25-18+. The van der Waals surface area contributed by atoms with Gasteiger partial charge in [-0.25, -0.2) is 0 Å². The molecule has 9 heteroatoms. The summed E-state index contributed by atoms with van der Waals surface area (Å²) in [5.74, 6) is -0.430. The average Bonchev–Trinajstić information content (AvgIpc) is 3.09. The lowest BCUT2D eigenvalue weighted by molar-refractivity contribution is 0.762. The summed E-state index contributed by atoms with van der Waals surface area (Å²) in [5, 5.41) is 29.3. The van der Waals surface area contributed by atoms with Crippen LogP contribution in [-0.4, -0.2) is 26.5 Å². The maximum absolute atomic E-state index is 8.91. The van der Waals surface area contributed by atoms with Crippen molar-refractivity contribution in [1.82, 2.24) is 15.0 Å². The maximum Gasteiger partial charge on any atom is 0.201 e. The first-order valence-electron chi connectivity index (χ1n) is 8.76. The first-order valence-corrected chi connectivity index (χ1v) is 9.13. The van der Waals surface area contributed by atoms with Crippen molar-refractivity contribution in [1.29, 1.82) is 10.7 Å². The molecule has 142 valence electrons. The lowest BCUT2D eigenvalue weighted by Gasteiger charge is -2.03. The number of benzene rings is 2. The zero-order valence-corrected chi connectivity index (χ0v) is 16.0. The highest BCUT2D eigenvalue weighted by molar-refractivity contribution is 6.46. The molecule has 0 atom stereocenters. The Kier molecular flexibility index (Phi) is 5.87. The van der Waals surface area contributed by atoms with Crippen LogP contribution in [0.2, 0.25) is 5.02 Å². The van der Waals surface area contributed by atoms with E-state index >= 15 is 0 Å². The highest BCUT2D eigenvalue weighted by atomic mass is 35.5. The van der Waals surface area contributed by atoms with Crippen molar-refractivity contribution in [3.8, 4) is 11.8 Å². The molecule has 0 spiro atoms. The number of anilines is 1. The molecule has 0 radical (unpaired) electrons. The van der Waals surface area contributed by atoms with Gasteiger partial charge in [0, 0.05) is 0 Å². The minimum absolute atomic E-state index is 0.233. The van der Waals surface area contributed by atoms with Crippen LogP contribution >= 0.6 is 11.6 Å². The smallest absolute Gasteiger partial charge is 0.201 e. The predicted molar refractivity (Wildman–Crippen MR) is 111 cm³/mol. The molecule has 8 nitrogen and oxygen atoms in total. The van der Waals surface area contributed by atoms with Gasteiger partial charge in [0.05, 0.1) is 16.4 Å². The molecule has 3 aromatic rings. The summed E-state index contributed by atoms with van der Waals surface area (Å²) >= 11 is 6.26. The summed E-state index contributed by atoms with van der Waals surface area (Å²) in [6.07, 6.45) is 3.38. The third-order valence-corrected chi connectivity index (χ3v) is 4.42. The van der Waals surface area contributed by atoms with Gasteiger partial charge in [0.15, 0.2) is 5.84 Å². The topological polar surface area (TPSA) is 129 Å². The molecule has 0 saturated heterocycles. The number of aryl methyl sites for hydroxylation is 1. The van der Waals surface area contributed by atoms with E-state index in [1.807, 2.05) is 12.1 Å². The van der Waals surface area contributed by atoms with Crippen molar-refractivity contribution < 1.29 is 0 Å². The number of hydrogen-bond acceptors (Lipinski definition) is 6. The van der Waals surface area contributed by atoms with E-state index < -0.39 is 5.84 Å². The number of amidine groups is 1. The Hall–Kier alpha value is -3.44. The van der Waals surface area contributed by atoms with Crippen LogP contribution in [0.3, 0.4) is 0 Å². The second kappa shape index (κ2) is 8.50. The number of aromatic nitrogens is 3. The summed E-state index contributed by atoms with van der Waals surface area (Å²) in [4.78, 5) is 1.55. The average molecular weight is 395 g/mol. The van der Waals surface area contributed by atoms with Crippen molar-refractivity contribution in [2.24, 2.45) is 10.8 Å². The van der Waals surface area contributed by atoms with E-state index in [1.165, 1.54) is 5.56 Å². The number of hydrogen-bond donors (Lipinski definition) is 3. The van der Waals surface area contributed by atoms with E-state index in [1.54, 1.807) is 23.0 Å². The number of nitrogens with two attached hydrogens (primary N) is 1. The Labute approximate surface area is 167 Å². The Bertz CT molecular complexity index is 1080. The molecule has 1 heterocycles. The van der Waals surface area contributed by atoms with E-state index in [4.69, 9.17) is 28.0 Å². The first kappa shape index (κ1) is 19.3. The van der Waals surface area contributed by atoms with Gasteiger partial charge in [0.2, 0.25) is 5.71 Å². The summed E-state index contributed by atoms with van der Waals surface area (Å²) in [7, 11) is 0. The van der Waals surface area contributed by atoms with E-state index in [-0.39, 0.29) is 5.71 Å². The van der Waals surface area contributed by atoms with Gasteiger partial charge in [-0.2, -0.15) is 15.2 Å². The number of nitriles is 1. The molecule has 0 aliphatic carbocycles. The predicted octanol–water partition coefficient (Wildman–Crippen LogP) is 3.64. The molecule has 0 unspecified atom stereocenters. The number of nitrogens with zero attached hydrogens (tertiary/aromatic N) is 5. The number of unbranched alkanes of at least 4 members (excludes halogenated alkanes) is 1. The van der Waals surface area contributed by atoms with Gasteiger partial charge in [0.25, 0.3) is 0 Å². The molecule has 0 saturated carbocycles. The van der Waals surface area contributed by atoms with Gasteiger partial charge in [0.1, 0.15) is 17.1 Å². The SMILES string of the molecule is CCCCc1ccc(-n2nc3cc(Cl)c(N/N=C(\C#N)C(=N)N)cc3n2)cc1. The Morgan fingerprint density at radius 1 is 1.29 bits per heavy atom. The number of halogens is 1. The summed E-state index contributed by atoms with van der Waals surface area (Å²) in [6, 6.07) is 13.2. The summed E-state index contributed by atoms with van der Waals surface area (Å²) < 4.78 is 0. The third kappa shape index (κ3) is 4.27. The molecule has 4 N–H and O–H groups in total. The lowest BCUT2D eigenvalue weighted by Crippen LogP contribution is -2.21. The summed E-state index contributed by atoms with van der Waals surface area (Å²) in [6.45, 7) is 2.17. The maximum atomic E-state index is 8.91. The summed E-state index contributed by atoms with van der Waals surface area (Å²) in [5.41, 5.74) is 11.5. The quantitative estimate of drug-likeness (QED) is 0.320. The van der Waals surface area contributed by atoms with E-state index in [0.29, 0.717) is 21.7 Å². The molecule has 0 bridgehead atoms. The van der Waals surface area contributed by atoms with Crippen molar-refractivity contribution in [2.75, 3.05) is 5.43 Å². The number of nitrogens with one attached hydrogen (secondary N) is 2. The van der Waals surface area contributed by atoms with Crippen LogP contribution in [0.1, 0.15) is 25.3 Å².